The average molecular weight is 281 g/mol. The SMILES string of the molecule is O=C(O)Cc1cccc(-c2ccc(Cl)cc2Cl)c1. The third-order valence-electron chi connectivity index (χ3n) is 2.52. The van der Waals surface area contributed by atoms with Crippen LogP contribution in [0.2, 0.25) is 10.0 Å². The molecule has 0 spiro atoms. The Morgan fingerprint density at radius 1 is 1.11 bits per heavy atom. The van der Waals surface area contributed by atoms with Crippen molar-refractivity contribution in [3.8, 4) is 11.1 Å². The second kappa shape index (κ2) is 5.42. The molecule has 0 saturated carbocycles. The first-order valence-electron chi connectivity index (χ1n) is 5.32. The van der Waals surface area contributed by atoms with Crippen molar-refractivity contribution in [1.82, 2.24) is 0 Å². The number of halogens is 2. The van der Waals surface area contributed by atoms with E-state index in [0.717, 1.165) is 16.7 Å². The standard InChI is InChI=1S/C14H10Cl2O2/c15-11-4-5-12(13(16)8-11)10-3-1-2-9(6-10)7-14(17)18/h1-6,8H,7H2,(H,17,18). The van der Waals surface area contributed by atoms with E-state index in [4.69, 9.17) is 28.3 Å². The van der Waals surface area contributed by atoms with E-state index >= 15 is 0 Å². The first-order chi connectivity index (χ1) is 8.56. The molecular weight excluding hydrogens is 271 g/mol. The maximum atomic E-state index is 10.7. The Kier molecular flexibility index (Phi) is 3.90. The summed E-state index contributed by atoms with van der Waals surface area (Å²) in [5.74, 6) is -0.852. The topological polar surface area (TPSA) is 37.3 Å². The fourth-order valence-electron chi connectivity index (χ4n) is 1.75. The monoisotopic (exact) mass is 280 g/mol. The second-order valence-corrected chi connectivity index (χ2v) is 4.74. The van der Waals surface area contributed by atoms with Gasteiger partial charge in [-0.2, -0.15) is 0 Å². The van der Waals surface area contributed by atoms with Crippen LogP contribution >= 0.6 is 23.2 Å². The van der Waals surface area contributed by atoms with Crippen LogP contribution in [0.15, 0.2) is 42.5 Å². The molecule has 92 valence electrons. The van der Waals surface area contributed by atoms with Crippen LogP contribution in [0.3, 0.4) is 0 Å². The fraction of sp³-hybridized carbons (Fsp3) is 0.0714. The molecule has 0 radical (unpaired) electrons. The second-order valence-electron chi connectivity index (χ2n) is 3.90. The molecule has 2 aromatic carbocycles. The van der Waals surface area contributed by atoms with Crippen LogP contribution < -0.4 is 0 Å². The molecule has 0 aliphatic carbocycles. The number of hydrogen-bond donors (Lipinski definition) is 1. The molecule has 0 aromatic heterocycles. The van der Waals surface area contributed by atoms with E-state index in [2.05, 4.69) is 0 Å². The van der Waals surface area contributed by atoms with E-state index in [0.29, 0.717) is 10.0 Å². The Morgan fingerprint density at radius 2 is 1.89 bits per heavy atom. The van der Waals surface area contributed by atoms with Crippen LogP contribution in [0.1, 0.15) is 5.56 Å². The zero-order chi connectivity index (χ0) is 13.1. The smallest absolute Gasteiger partial charge is 0.307 e. The summed E-state index contributed by atoms with van der Waals surface area (Å²) in [4.78, 5) is 10.7. The van der Waals surface area contributed by atoms with Crippen molar-refractivity contribution in [2.45, 2.75) is 6.42 Å². The van der Waals surface area contributed by atoms with Gasteiger partial charge >= 0.3 is 5.97 Å². The number of rotatable bonds is 3. The van der Waals surface area contributed by atoms with Crippen molar-refractivity contribution in [1.29, 1.82) is 0 Å². The van der Waals surface area contributed by atoms with Gasteiger partial charge in [-0.3, -0.25) is 4.79 Å². The normalized spacial score (nSPS) is 10.3. The number of aliphatic carboxylic acids is 1. The van der Waals surface area contributed by atoms with Gasteiger partial charge in [0.2, 0.25) is 0 Å². The summed E-state index contributed by atoms with van der Waals surface area (Å²) in [6.07, 6.45) is -0.000944. The van der Waals surface area contributed by atoms with Crippen molar-refractivity contribution >= 4 is 29.2 Å². The molecule has 2 nitrogen and oxygen atoms in total. The molecule has 0 saturated heterocycles. The van der Waals surface area contributed by atoms with Gasteiger partial charge in [-0.1, -0.05) is 53.5 Å². The highest BCUT2D eigenvalue weighted by atomic mass is 35.5. The van der Waals surface area contributed by atoms with Crippen LogP contribution in [-0.4, -0.2) is 11.1 Å². The van der Waals surface area contributed by atoms with Crippen LogP contribution in [0, 0.1) is 0 Å². The number of carbonyl (C=O) groups is 1. The quantitative estimate of drug-likeness (QED) is 0.911. The van der Waals surface area contributed by atoms with E-state index in [1.54, 1.807) is 18.2 Å². The summed E-state index contributed by atoms with van der Waals surface area (Å²) in [5.41, 5.74) is 2.47. The molecular formula is C14H10Cl2O2. The largest absolute Gasteiger partial charge is 0.481 e. The summed E-state index contributed by atoms with van der Waals surface area (Å²) in [7, 11) is 0. The van der Waals surface area contributed by atoms with Crippen molar-refractivity contribution < 1.29 is 9.90 Å². The van der Waals surface area contributed by atoms with Gasteiger partial charge in [-0.05, 0) is 23.3 Å². The zero-order valence-corrected chi connectivity index (χ0v) is 10.9. The lowest BCUT2D eigenvalue weighted by molar-refractivity contribution is -0.136. The van der Waals surface area contributed by atoms with E-state index in [1.807, 2.05) is 24.3 Å². The van der Waals surface area contributed by atoms with E-state index < -0.39 is 5.97 Å². The predicted molar refractivity (Wildman–Crippen MR) is 73.2 cm³/mol. The van der Waals surface area contributed by atoms with Crippen LogP contribution in [0.25, 0.3) is 11.1 Å². The van der Waals surface area contributed by atoms with Crippen LogP contribution in [-0.2, 0) is 11.2 Å². The highest BCUT2D eigenvalue weighted by molar-refractivity contribution is 6.36. The molecule has 18 heavy (non-hydrogen) atoms. The molecule has 0 atom stereocenters. The minimum Gasteiger partial charge on any atom is -0.481 e. The third-order valence-corrected chi connectivity index (χ3v) is 3.07. The molecule has 0 amide bonds. The summed E-state index contributed by atoms with van der Waals surface area (Å²) >= 11 is 12.0. The minimum absolute atomic E-state index is 0.000944. The summed E-state index contributed by atoms with van der Waals surface area (Å²) < 4.78 is 0. The van der Waals surface area contributed by atoms with Crippen LogP contribution in [0.5, 0.6) is 0 Å². The van der Waals surface area contributed by atoms with Crippen molar-refractivity contribution in [2.24, 2.45) is 0 Å². The third kappa shape index (κ3) is 3.03. The molecule has 0 aliphatic heterocycles. The highest BCUT2D eigenvalue weighted by Gasteiger charge is 2.06. The van der Waals surface area contributed by atoms with E-state index in [9.17, 15) is 4.79 Å². The lowest BCUT2D eigenvalue weighted by Crippen LogP contribution is -1.99. The van der Waals surface area contributed by atoms with Gasteiger partial charge in [0.15, 0.2) is 0 Å². The van der Waals surface area contributed by atoms with Gasteiger partial charge in [0.05, 0.1) is 6.42 Å². The average Bonchev–Trinajstić information content (AvgIpc) is 2.28. The van der Waals surface area contributed by atoms with Gasteiger partial charge in [0.25, 0.3) is 0 Å². The molecule has 0 heterocycles. The number of hydrogen-bond acceptors (Lipinski definition) is 1. The Morgan fingerprint density at radius 3 is 2.56 bits per heavy atom. The molecule has 4 heteroatoms. The van der Waals surface area contributed by atoms with Gasteiger partial charge in [-0.15, -0.1) is 0 Å². The predicted octanol–water partition coefficient (Wildman–Crippen LogP) is 4.29. The summed E-state index contributed by atoms with van der Waals surface area (Å²) in [6.45, 7) is 0. The maximum Gasteiger partial charge on any atom is 0.307 e. The van der Waals surface area contributed by atoms with Gasteiger partial charge < -0.3 is 5.11 Å². The highest BCUT2D eigenvalue weighted by Crippen LogP contribution is 2.30. The number of carboxylic acids is 1. The molecule has 0 unspecified atom stereocenters. The fourth-order valence-corrected chi connectivity index (χ4v) is 2.26. The van der Waals surface area contributed by atoms with E-state index in [-0.39, 0.29) is 6.42 Å². The molecule has 0 aliphatic rings. The lowest BCUT2D eigenvalue weighted by Gasteiger charge is -2.06. The first-order valence-corrected chi connectivity index (χ1v) is 6.08. The summed E-state index contributed by atoms with van der Waals surface area (Å²) in [5, 5.41) is 9.90. The number of benzene rings is 2. The summed E-state index contributed by atoms with van der Waals surface area (Å²) in [6, 6.07) is 12.6. The molecule has 2 aromatic rings. The Bertz CT molecular complexity index is 594. The van der Waals surface area contributed by atoms with Crippen molar-refractivity contribution in [3.63, 3.8) is 0 Å². The Hall–Kier alpha value is -1.51. The van der Waals surface area contributed by atoms with Crippen molar-refractivity contribution in [2.75, 3.05) is 0 Å². The lowest BCUT2D eigenvalue weighted by atomic mass is 10.0. The molecule has 0 bridgehead atoms. The van der Waals surface area contributed by atoms with E-state index in [1.165, 1.54) is 0 Å². The molecule has 1 N–H and O–H groups in total. The Labute approximate surface area is 115 Å². The Balaban J connectivity index is 2.41. The first kappa shape index (κ1) is 12.9. The van der Waals surface area contributed by atoms with Crippen LogP contribution in [0.4, 0.5) is 0 Å². The molecule has 0 fully saturated rings. The minimum atomic E-state index is -0.852. The zero-order valence-electron chi connectivity index (χ0n) is 9.36. The van der Waals surface area contributed by atoms with Gasteiger partial charge in [-0.25, -0.2) is 0 Å². The molecule has 2 rings (SSSR count). The van der Waals surface area contributed by atoms with Gasteiger partial charge in [0.1, 0.15) is 0 Å². The van der Waals surface area contributed by atoms with Crippen molar-refractivity contribution in [3.05, 3.63) is 58.1 Å². The number of carboxylic acid groups (broad SMARTS) is 1. The van der Waals surface area contributed by atoms with Gasteiger partial charge in [0, 0.05) is 15.6 Å². The maximum absolute atomic E-state index is 10.7.